The Morgan fingerprint density at radius 3 is 1.90 bits per heavy atom. The number of carbonyl (C=O) groups is 2. The van der Waals surface area contributed by atoms with Crippen LogP contribution >= 0.6 is 0 Å². The Labute approximate surface area is 61.4 Å². The van der Waals surface area contributed by atoms with Crippen LogP contribution < -0.4 is 0 Å². The maximum absolute atomic E-state index is 10.3. The molecular weight excluding hydrogens is 132 g/mol. The summed E-state index contributed by atoms with van der Waals surface area (Å²) in [7, 11) is 0. The van der Waals surface area contributed by atoms with Crippen LogP contribution in [-0.2, 0) is 14.3 Å². The van der Waals surface area contributed by atoms with Gasteiger partial charge in [-0.3, -0.25) is 9.59 Å². The second kappa shape index (κ2) is 8.14. The van der Waals surface area contributed by atoms with E-state index in [-0.39, 0.29) is 12.4 Å². The molecule has 0 unspecified atom stereocenters. The van der Waals surface area contributed by atoms with Gasteiger partial charge in [-0.25, -0.2) is 0 Å². The molecule has 0 N–H and O–H groups in total. The molecule has 0 aromatic heterocycles. The van der Waals surface area contributed by atoms with Crippen LogP contribution in [0.25, 0.3) is 0 Å². The summed E-state index contributed by atoms with van der Waals surface area (Å²) in [4.78, 5) is 19.8. The Morgan fingerprint density at radius 1 is 1.40 bits per heavy atom. The molecule has 3 nitrogen and oxygen atoms in total. The zero-order valence-electron chi connectivity index (χ0n) is 6.88. The topological polar surface area (TPSA) is 43.4 Å². The maximum atomic E-state index is 10.3. The summed E-state index contributed by atoms with van der Waals surface area (Å²) in [5.74, 6) is -0.708. The maximum Gasteiger partial charge on any atom is 0.315 e. The number of hydrogen-bond acceptors (Lipinski definition) is 3. The molecule has 0 fully saturated rings. The second-order valence-corrected chi connectivity index (χ2v) is 1.69. The normalized spacial score (nSPS) is 7.70. The monoisotopic (exact) mass is 146 g/mol. The van der Waals surface area contributed by atoms with Crippen molar-refractivity contribution in [2.45, 2.75) is 27.7 Å². The van der Waals surface area contributed by atoms with Gasteiger partial charge >= 0.3 is 12.4 Å². The summed E-state index contributed by atoms with van der Waals surface area (Å²) in [6.45, 7) is 7.46. The van der Waals surface area contributed by atoms with E-state index in [0.717, 1.165) is 0 Å². The predicted octanol–water partition coefficient (Wildman–Crippen LogP) is 1.37. The van der Waals surface area contributed by atoms with Gasteiger partial charge in [-0.1, -0.05) is 27.7 Å². The fraction of sp³-hybridized carbons (Fsp3) is 0.714. The summed E-state index contributed by atoms with van der Waals surface area (Å²) in [5.41, 5.74) is 0. The van der Waals surface area contributed by atoms with Gasteiger partial charge in [0, 0.05) is 0 Å². The van der Waals surface area contributed by atoms with Crippen molar-refractivity contribution in [2.75, 3.05) is 0 Å². The van der Waals surface area contributed by atoms with Gasteiger partial charge in [-0.05, 0) is 0 Å². The highest BCUT2D eigenvalue weighted by Gasteiger charge is 2.05. The van der Waals surface area contributed by atoms with Crippen LogP contribution in [0.1, 0.15) is 27.7 Å². The average molecular weight is 146 g/mol. The molecule has 0 aliphatic rings. The minimum atomic E-state index is -0.486. The molecule has 0 aliphatic carbocycles. The van der Waals surface area contributed by atoms with Crippen LogP contribution in [0.15, 0.2) is 0 Å². The van der Waals surface area contributed by atoms with Crippen LogP contribution in [0.2, 0.25) is 0 Å². The largest absolute Gasteiger partial charge is 0.395 e. The summed E-state index contributed by atoms with van der Waals surface area (Å²) in [6.07, 6.45) is 0. The predicted molar refractivity (Wildman–Crippen MR) is 38.3 cm³/mol. The van der Waals surface area contributed by atoms with Crippen molar-refractivity contribution in [3.8, 4) is 0 Å². The highest BCUT2D eigenvalue weighted by atomic mass is 16.6. The van der Waals surface area contributed by atoms with Gasteiger partial charge in [0.05, 0.1) is 5.92 Å². The van der Waals surface area contributed by atoms with Crippen molar-refractivity contribution >= 4 is 12.4 Å². The molecule has 0 rings (SSSR count). The molecule has 0 radical (unpaired) electrons. The summed E-state index contributed by atoms with van der Waals surface area (Å²) >= 11 is 0. The zero-order chi connectivity index (χ0) is 8.57. The van der Waals surface area contributed by atoms with Crippen LogP contribution in [0.4, 0.5) is 0 Å². The Hall–Kier alpha value is -0.860. The van der Waals surface area contributed by atoms with Crippen molar-refractivity contribution in [1.29, 1.82) is 0 Å². The highest BCUT2D eigenvalue weighted by molar-refractivity contribution is 5.77. The minimum Gasteiger partial charge on any atom is -0.395 e. The number of ether oxygens (including phenoxy) is 1. The summed E-state index contributed by atoms with van der Waals surface area (Å²) < 4.78 is 3.98. The first-order valence-corrected chi connectivity index (χ1v) is 3.32. The molecule has 3 heteroatoms. The number of rotatable bonds is 2. The Kier molecular flexibility index (Phi) is 9.67. The fourth-order valence-electron chi connectivity index (χ4n) is 0.184. The standard InChI is InChI=1S/C5H8O3.C2H6/c1-4(2)5(7)8-3-6;1-2/h3-4H,1-2H3;1-2H3. The lowest BCUT2D eigenvalue weighted by Gasteiger charge is -1.96. The first-order valence-electron chi connectivity index (χ1n) is 3.32. The third-order valence-electron chi connectivity index (χ3n) is 0.636. The summed E-state index contributed by atoms with van der Waals surface area (Å²) in [5, 5.41) is 0. The van der Waals surface area contributed by atoms with Crippen LogP contribution in [0.3, 0.4) is 0 Å². The smallest absolute Gasteiger partial charge is 0.315 e. The van der Waals surface area contributed by atoms with Crippen molar-refractivity contribution < 1.29 is 14.3 Å². The first kappa shape index (κ1) is 11.9. The van der Waals surface area contributed by atoms with Gasteiger partial charge in [0.25, 0.3) is 0 Å². The Bertz CT molecular complexity index is 97.0. The molecule has 0 aromatic rings. The Morgan fingerprint density at radius 2 is 1.80 bits per heavy atom. The van der Waals surface area contributed by atoms with Gasteiger partial charge < -0.3 is 4.74 Å². The lowest BCUT2D eigenvalue weighted by atomic mass is 10.2. The van der Waals surface area contributed by atoms with Crippen LogP contribution in [-0.4, -0.2) is 12.4 Å². The van der Waals surface area contributed by atoms with Gasteiger partial charge in [0.15, 0.2) is 0 Å². The number of hydrogen-bond donors (Lipinski definition) is 0. The Balaban J connectivity index is 0. The van der Waals surface area contributed by atoms with Crippen LogP contribution in [0, 0.1) is 5.92 Å². The molecule has 0 saturated carbocycles. The summed E-state index contributed by atoms with van der Waals surface area (Å²) in [6, 6.07) is 0. The molecule has 0 bridgehead atoms. The number of carbonyl (C=O) groups excluding carboxylic acids is 2. The van der Waals surface area contributed by atoms with Crippen molar-refractivity contribution in [2.24, 2.45) is 5.92 Å². The zero-order valence-corrected chi connectivity index (χ0v) is 6.88. The molecule has 0 aliphatic heterocycles. The molecule has 0 spiro atoms. The lowest BCUT2D eigenvalue weighted by molar-refractivity contribution is -0.154. The van der Waals surface area contributed by atoms with E-state index in [1.54, 1.807) is 13.8 Å². The van der Waals surface area contributed by atoms with E-state index in [1.807, 2.05) is 13.8 Å². The number of esters is 1. The van der Waals surface area contributed by atoms with Gasteiger partial charge in [-0.2, -0.15) is 0 Å². The average Bonchev–Trinajstić information content (AvgIpc) is 1.93. The van der Waals surface area contributed by atoms with E-state index in [0.29, 0.717) is 0 Å². The van der Waals surface area contributed by atoms with Crippen LogP contribution in [0.5, 0.6) is 0 Å². The SMILES string of the molecule is CC.CC(C)C(=O)OC=O. The quantitative estimate of drug-likeness (QED) is 0.335. The molecule has 0 aromatic carbocycles. The highest BCUT2D eigenvalue weighted by Crippen LogP contribution is 1.92. The van der Waals surface area contributed by atoms with E-state index in [9.17, 15) is 9.59 Å². The van der Waals surface area contributed by atoms with E-state index in [2.05, 4.69) is 4.74 Å². The van der Waals surface area contributed by atoms with E-state index >= 15 is 0 Å². The second-order valence-electron chi connectivity index (χ2n) is 1.69. The first-order chi connectivity index (χ1) is 4.68. The third kappa shape index (κ3) is 7.14. The van der Waals surface area contributed by atoms with Gasteiger partial charge in [-0.15, -0.1) is 0 Å². The molecule has 0 heterocycles. The van der Waals surface area contributed by atoms with Gasteiger partial charge in [0.2, 0.25) is 0 Å². The van der Waals surface area contributed by atoms with Crippen molar-refractivity contribution in [3.63, 3.8) is 0 Å². The van der Waals surface area contributed by atoms with E-state index < -0.39 is 5.97 Å². The molecule has 10 heavy (non-hydrogen) atoms. The third-order valence-corrected chi connectivity index (χ3v) is 0.636. The van der Waals surface area contributed by atoms with E-state index in [4.69, 9.17) is 0 Å². The minimum absolute atomic E-state index is 0.141. The van der Waals surface area contributed by atoms with Crippen molar-refractivity contribution in [1.82, 2.24) is 0 Å². The molecular formula is C7H14O3. The van der Waals surface area contributed by atoms with E-state index in [1.165, 1.54) is 0 Å². The molecule has 0 amide bonds. The molecule has 0 saturated heterocycles. The lowest BCUT2D eigenvalue weighted by Crippen LogP contribution is -2.09. The van der Waals surface area contributed by atoms with Gasteiger partial charge in [0.1, 0.15) is 0 Å². The fourth-order valence-corrected chi connectivity index (χ4v) is 0.184. The molecule has 60 valence electrons. The molecule has 0 atom stereocenters. The van der Waals surface area contributed by atoms with Crippen molar-refractivity contribution in [3.05, 3.63) is 0 Å².